The highest BCUT2D eigenvalue weighted by atomic mass is 79.9. The number of carbonyl (C=O) groups is 1. The van der Waals surface area contributed by atoms with Crippen LogP contribution < -0.4 is 5.56 Å². The van der Waals surface area contributed by atoms with Crippen molar-refractivity contribution in [1.82, 2.24) is 9.55 Å². The summed E-state index contributed by atoms with van der Waals surface area (Å²) >= 11 is 3.37. The van der Waals surface area contributed by atoms with Crippen molar-refractivity contribution in [3.05, 3.63) is 74.2 Å². The van der Waals surface area contributed by atoms with Crippen LogP contribution in [-0.4, -0.2) is 22.6 Å². The van der Waals surface area contributed by atoms with Gasteiger partial charge in [0.2, 0.25) is 0 Å². The topological polar surface area (TPSA) is 61.2 Å². The minimum absolute atomic E-state index is 0.119. The fraction of sp³-hybridized carbons (Fsp3) is 0.167. The molecule has 1 heterocycles. The van der Waals surface area contributed by atoms with Gasteiger partial charge >= 0.3 is 5.97 Å². The summed E-state index contributed by atoms with van der Waals surface area (Å²) in [5.41, 5.74) is 1.76. The van der Waals surface area contributed by atoms with E-state index in [1.807, 2.05) is 18.2 Å². The Morgan fingerprint density at radius 3 is 2.75 bits per heavy atom. The Kier molecular flexibility index (Phi) is 4.49. The first-order chi connectivity index (χ1) is 11.5. The number of fused-ring (bicyclic) bond motifs is 1. The minimum atomic E-state index is -0.402. The molecule has 0 aliphatic carbocycles. The summed E-state index contributed by atoms with van der Waals surface area (Å²) in [7, 11) is 3.03. The maximum absolute atomic E-state index is 12.6. The van der Waals surface area contributed by atoms with Crippen LogP contribution in [-0.2, 0) is 18.2 Å². The third-order valence-corrected chi connectivity index (χ3v) is 4.39. The van der Waals surface area contributed by atoms with E-state index in [4.69, 9.17) is 4.74 Å². The van der Waals surface area contributed by atoms with Crippen molar-refractivity contribution < 1.29 is 9.53 Å². The zero-order chi connectivity index (χ0) is 17.3. The molecule has 0 saturated heterocycles. The highest BCUT2D eigenvalue weighted by Crippen LogP contribution is 2.18. The van der Waals surface area contributed by atoms with E-state index in [1.54, 1.807) is 31.3 Å². The SMILES string of the molecule is COC(=O)c1ccccc1Cc1nc2ccc(Br)cc2c(=O)n1C. The summed E-state index contributed by atoms with van der Waals surface area (Å²) in [4.78, 5) is 29.1. The van der Waals surface area contributed by atoms with E-state index in [2.05, 4.69) is 20.9 Å². The van der Waals surface area contributed by atoms with Crippen molar-refractivity contribution in [3.8, 4) is 0 Å². The molecule has 0 aliphatic heterocycles. The van der Waals surface area contributed by atoms with E-state index in [0.29, 0.717) is 28.7 Å². The van der Waals surface area contributed by atoms with Crippen LogP contribution in [0.15, 0.2) is 51.7 Å². The Hall–Kier alpha value is -2.47. The molecule has 0 N–H and O–H groups in total. The second-order valence-corrected chi connectivity index (χ2v) is 6.29. The monoisotopic (exact) mass is 386 g/mol. The number of rotatable bonds is 3. The average Bonchev–Trinajstić information content (AvgIpc) is 2.60. The maximum Gasteiger partial charge on any atom is 0.338 e. The molecular formula is C18H15BrN2O3. The van der Waals surface area contributed by atoms with E-state index in [0.717, 1.165) is 10.0 Å². The van der Waals surface area contributed by atoms with Crippen LogP contribution in [0.5, 0.6) is 0 Å². The van der Waals surface area contributed by atoms with Gasteiger partial charge in [0.1, 0.15) is 5.82 Å². The third kappa shape index (κ3) is 2.97. The Morgan fingerprint density at radius 2 is 2.00 bits per heavy atom. The lowest BCUT2D eigenvalue weighted by Gasteiger charge is -2.11. The van der Waals surface area contributed by atoms with Gasteiger partial charge < -0.3 is 4.74 Å². The van der Waals surface area contributed by atoms with E-state index < -0.39 is 5.97 Å². The Labute approximate surface area is 147 Å². The number of aromatic nitrogens is 2. The standard InChI is InChI=1S/C18H15BrN2O3/c1-21-16(9-11-5-3-4-6-13(11)18(23)24-2)20-15-8-7-12(19)10-14(15)17(21)22/h3-8,10H,9H2,1-2H3. The first kappa shape index (κ1) is 16.4. The molecule has 5 nitrogen and oxygen atoms in total. The smallest absolute Gasteiger partial charge is 0.338 e. The van der Waals surface area contributed by atoms with Crippen molar-refractivity contribution in [2.24, 2.45) is 7.05 Å². The number of halogens is 1. The van der Waals surface area contributed by atoms with Gasteiger partial charge in [0.25, 0.3) is 5.56 Å². The molecule has 24 heavy (non-hydrogen) atoms. The zero-order valence-corrected chi connectivity index (χ0v) is 14.8. The summed E-state index contributed by atoms with van der Waals surface area (Å²) in [5.74, 6) is 0.187. The first-order valence-corrected chi connectivity index (χ1v) is 8.12. The van der Waals surface area contributed by atoms with Crippen molar-refractivity contribution in [1.29, 1.82) is 0 Å². The van der Waals surface area contributed by atoms with E-state index in [1.165, 1.54) is 11.7 Å². The third-order valence-electron chi connectivity index (χ3n) is 3.90. The van der Waals surface area contributed by atoms with Crippen LogP contribution in [0.25, 0.3) is 10.9 Å². The lowest BCUT2D eigenvalue weighted by Crippen LogP contribution is -2.23. The Bertz CT molecular complexity index is 995. The molecule has 6 heteroatoms. The molecule has 0 saturated carbocycles. The molecule has 122 valence electrons. The van der Waals surface area contributed by atoms with Crippen LogP contribution in [0.2, 0.25) is 0 Å². The van der Waals surface area contributed by atoms with Crippen molar-refractivity contribution in [3.63, 3.8) is 0 Å². The van der Waals surface area contributed by atoms with Crippen LogP contribution in [0.1, 0.15) is 21.7 Å². The molecule has 0 atom stereocenters. The lowest BCUT2D eigenvalue weighted by molar-refractivity contribution is 0.0599. The molecule has 3 aromatic rings. The molecule has 0 spiro atoms. The molecule has 0 fully saturated rings. The minimum Gasteiger partial charge on any atom is -0.465 e. The van der Waals surface area contributed by atoms with E-state index >= 15 is 0 Å². The fourth-order valence-corrected chi connectivity index (χ4v) is 2.96. The summed E-state index contributed by atoms with van der Waals surface area (Å²) in [6.45, 7) is 0. The van der Waals surface area contributed by atoms with Gasteiger partial charge in [-0.2, -0.15) is 0 Å². The van der Waals surface area contributed by atoms with Crippen LogP contribution >= 0.6 is 15.9 Å². The number of carbonyl (C=O) groups excluding carboxylic acids is 1. The van der Waals surface area contributed by atoms with Gasteiger partial charge in [-0.15, -0.1) is 0 Å². The van der Waals surface area contributed by atoms with Crippen LogP contribution in [0.4, 0.5) is 0 Å². The number of ether oxygens (including phenoxy) is 1. The lowest BCUT2D eigenvalue weighted by atomic mass is 10.0. The van der Waals surface area contributed by atoms with Gasteiger partial charge in [-0.25, -0.2) is 9.78 Å². The largest absolute Gasteiger partial charge is 0.465 e. The van der Waals surface area contributed by atoms with Crippen LogP contribution in [0.3, 0.4) is 0 Å². The van der Waals surface area contributed by atoms with Crippen molar-refractivity contribution in [2.75, 3.05) is 7.11 Å². The molecule has 0 radical (unpaired) electrons. The van der Waals surface area contributed by atoms with Gasteiger partial charge in [0.05, 0.1) is 23.6 Å². The summed E-state index contributed by atoms with van der Waals surface area (Å²) in [6.07, 6.45) is 0.364. The number of esters is 1. The number of nitrogens with zero attached hydrogens (tertiary/aromatic N) is 2. The summed E-state index contributed by atoms with van der Waals surface area (Å²) < 4.78 is 7.17. The van der Waals surface area contributed by atoms with Gasteiger partial charge in [-0.1, -0.05) is 34.1 Å². The predicted octanol–water partition coefficient (Wildman–Crippen LogP) is 3.07. The van der Waals surface area contributed by atoms with Crippen molar-refractivity contribution >= 4 is 32.8 Å². The zero-order valence-electron chi connectivity index (χ0n) is 13.2. The van der Waals surface area contributed by atoms with Crippen molar-refractivity contribution in [2.45, 2.75) is 6.42 Å². The number of hydrogen-bond donors (Lipinski definition) is 0. The number of benzene rings is 2. The van der Waals surface area contributed by atoms with Gasteiger partial charge in [0.15, 0.2) is 0 Å². The molecule has 1 aromatic heterocycles. The summed E-state index contributed by atoms with van der Waals surface area (Å²) in [5, 5.41) is 0.553. The molecule has 0 unspecified atom stereocenters. The Balaban J connectivity index is 2.12. The first-order valence-electron chi connectivity index (χ1n) is 7.32. The predicted molar refractivity (Wildman–Crippen MR) is 95.3 cm³/mol. The van der Waals surface area contributed by atoms with Crippen LogP contribution in [0, 0.1) is 0 Å². The van der Waals surface area contributed by atoms with Gasteiger partial charge in [0, 0.05) is 17.9 Å². The number of methoxy groups -OCH3 is 1. The molecule has 0 aliphatic rings. The van der Waals surface area contributed by atoms with E-state index in [9.17, 15) is 9.59 Å². The quantitative estimate of drug-likeness (QED) is 0.649. The van der Waals surface area contributed by atoms with Gasteiger partial charge in [-0.3, -0.25) is 9.36 Å². The Morgan fingerprint density at radius 1 is 1.25 bits per heavy atom. The average molecular weight is 387 g/mol. The summed E-state index contributed by atoms with van der Waals surface area (Å²) in [6, 6.07) is 12.6. The fourth-order valence-electron chi connectivity index (χ4n) is 2.60. The second-order valence-electron chi connectivity index (χ2n) is 5.38. The molecule has 0 amide bonds. The normalized spacial score (nSPS) is 10.8. The second kappa shape index (κ2) is 6.57. The molecule has 3 rings (SSSR count). The number of hydrogen-bond acceptors (Lipinski definition) is 4. The molecule has 0 bridgehead atoms. The van der Waals surface area contributed by atoms with E-state index in [-0.39, 0.29) is 5.56 Å². The van der Waals surface area contributed by atoms with Gasteiger partial charge in [-0.05, 0) is 29.8 Å². The maximum atomic E-state index is 12.6. The highest BCUT2D eigenvalue weighted by Gasteiger charge is 2.15. The highest BCUT2D eigenvalue weighted by molar-refractivity contribution is 9.10. The molecular weight excluding hydrogens is 372 g/mol. The molecule has 2 aromatic carbocycles.